The van der Waals surface area contributed by atoms with Crippen LogP contribution in [0.3, 0.4) is 0 Å². The molecule has 5 rings (SSSR count). The van der Waals surface area contributed by atoms with E-state index in [-0.39, 0.29) is 5.92 Å². The molecule has 2 aromatic heterocycles. The van der Waals surface area contributed by atoms with Crippen LogP contribution in [-0.2, 0) is 11.5 Å². The molecular formula is C23H32N6OS. The summed E-state index contributed by atoms with van der Waals surface area (Å²) in [6, 6.07) is 4.46. The Kier molecular flexibility index (Phi) is 5.93. The summed E-state index contributed by atoms with van der Waals surface area (Å²) in [5.41, 5.74) is 1.01. The minimum Gasteiger partial charge on any atom is -0.342 e. The first-order valence-corrected chi connectivity index (χ1v) is 12.1. The number of amides is 1. The van der Waals surface area contributed by atoms with Crippen molar-refractivity contribution in [3.63, 3.8) is 0 Å². The molecule has 7 nitrogen and oxygen atoms in total. The van der Waals surface area contributed by atoms with Crippen molar-refractivity contribution in [1.82, 2.24) is 29.1 Å². The fourth-order valence-corrected chi connectivity index (χ4v) is 5.36. The zero-order valence-corrected chi connectivity index (χ0v) is 19.1. The first-order chi connectivity index (χ1) is 15.1. The van der Waals surface area contributed by atoms with Crippen molar-refractivity contribution in [2.45, 2.75) is 58.2 Å². The van der Waals surface area contributed by atoms with Crippen molar-refractivity contribution in [1.29, 1.82) is 0 Å². The van der Waals surface area contributed by atoms with E-state index in [0.717, 1.165) is 74.4 Å². The van der Waals surface area contributed by atoms with Crippen LogP contribution < -0.4 is 0 Å². The molecule has 1 atom stereocenters. The third kappa shape index (κ3) is 4.46. The van der Waals surface area contributed by atoms with Gasteiger partial charge in [0.2, 0.25) is 5.91 Å². The lowest BCUT2D eigenvalue weighted by Crippen LogP contribution is -2.46. The van der Waals surface area contributed by atoms with Crippen molar-refractivity contribution in [2.75, 3.05) is 26.2 Å². The van der Waals surface area contributed by atoms with Crippen LogP contribution in [0, 0.1) is 16.6 Å². The molecule has 2 aromatic rings. The van der Waals surface area contributed by atoms with E-state index in [0.29, 0.717) is 24.5 Å². The minimum atomic E-state index is 0.171. The number of nitrogens with zero attached hydrogens (tertiary/aromatic N) is 6. The Morgan fingerprint density at radius 3 is 2.65 bits per heavy atom. The Morgan fingerprint density at radius 1 is 1.16 bits per heavy atom. The summed E-state index contributed by atoms with van der Waals surface area (Å²) in [7, 11) is 0. The van der Waals surface area contributed by atoms with Crippen molar-refractivity contribution in [2.24, 2.45) is 11.8 Å². The lowest BCUT2D eigenvalue weighted by molar-refractivity contribution is -0.139. The average molecular weight is 441 g/mol. The molecule has 3 fully saturated rings. The van der Waals surface area contributed by atoms with Gasteiger partial charge in [0.05, 0.1) is 6.67 Å². The molecule has 0 spiro atoms. The number of hydrogen-bond donors (Lipinski definition) is 0. The molecule has 166 valence electrons. The highest BCUT2D eigenvalue weighted by molar-refractivity contribution is 7.71. The van der Waals surface area contributed by atoms with E-state index in [1.807, 2.05) is 23.0 Å². The topological polar surface area (TPSA) is 59.2 Å². The highest BCUT2D eigenvalue weighted by atomic mass is 32.1. The van der Waals surface area contributed by atoms with Gasteiger partial charge in [0.15, 0.2) is 10.6 Å². The number of aromatic nitrogens is 4. The van der Waals surface area contributed by atoms with Crippen LogP contribution >= 0.6 is 12.2 Å². The van der Waals surface area contributed by atoms with Crippen LogP contribution in [0.2, 0.25) is 0 Å². The maximum Gasteiger partial charge on any atom is 0.225 e. The summed E-state index contributed by atoms with van der Waals surface area (Å²) in [5, 5.41) is 4.89. The molecule has 3 aliphatic rings. The van der Waals surface area contributed by atoms with Crippen LogP contribution in [0.15, 0.2) is 24.5 Å². The van der Waals surface area contributed by atoms with E-state index in [9.17, 15) is 4.79 Å². The lowest BCUT2D eigenvalue weighted by atomic mass is 9.93. The molecule has 0 aromatic carbocycles. The second kappa shape index (κ2) is 8.82. The lowest BCUT2D eigenvalue weighted by Gasteiger charge is -2.37. The molecule has 1 amide bonds. The van der Waals surface area contributed by atoms with Crippen molar-refractivity contribution >= 4 is 18.1 Å². The SMILES string of the molecule is C[C@@H]1CCCN(C(=O)C2CCN(Cn3nc(-c4cccnc4)n(C4CC4)c3=S)CC2)C1. The van der Waals surface area contributed by atoms with Crippen LogP contribution in [-0.4, -0.2) is 61.2 Å². The van der Waals surface area contributed by atoms with Crippen LogP contribution in [0.25, 0.3) is 11.4 Å². The Hall–Kier alpha value is -2.06. The third-order valence-corrected chi connectivity index (χ3v) is 7.35. The van der Waals surface area contributed by atoms with Gasteiger partial charge >= 0.3 is 0 Å². The minimum absolute atomic E-state index is 0.171. The second-order valence-corrected chi connectivity index (χ2v) is 9.88. The first kappa shape index (κ1) is 20.8. The summed E-state index contributed by atoms with van der Waals surface area (Å²) in [5.74, 6) is 2.10. The molecular weight excluding hydrogens is 408 g/mol. The molecule has 8 heteroatoms. The fourth-order valence-electron chi connectivity index (χ4n) is 5.02. The molecule has 31 heavy (non-hydrogen) atoms. The fraction of sp³-hybridized carbons (Fsp3) is 0.652. The molecule has 0 radical (unpaired) electrons. The van der Waals surface area contributed by atoms with E-state index in [4.69, 9.17) is 17.3 Å². The highest BCUT2D eigenvalue weighted by Gasteiger charge is 2.32. The highest BCUT2D eigenvalue weighted by Crippen LogP contribution is 2.38. The molecule has 1 saturated carbocycles. The molecule has 0 bridgehead atoms. The van der Waals surface area contributed by atoms with E-state index in [1.165, 1.54) is 6.42 Å². The van der Waals surface area contributed by atoms with Gasteiger partial charge in [-0.05, 0) is 68.8 Å². The third-order valence-electron chi connectivity index (χ3n) is 6.94. The Bertz CT molecular complexity index is 974. The zero-order chi connectivity index (χ0) is 21.4. The monoisotopic (exact) mass is 440 g/mol. The van der Waals surface area contributed by atoms with E-state index >= 15 is 0 Å². The summed E-state index contributed by atoms with van der Waals surface area (Å²) in [4.78, 5) is 21.7. The predicted octanol–water partition coefficient (Wildman–Crippen LogP) is 3.74. The first-order valence-electron chi connectivity index (χ1n) is 11.7. The second-order valence-electron chi connectivity index (χ2n) is 9.51. The average Bonchev–Trinajstić information content (AvgIpc) is 3.58. The van der Waals surface area contributed by atoms with Crippen molar-refractivity contribution in [3.05, 3.63) is 29.3 Å². The van der Waals surface area contributed by atoms with E-state index in [1.54, 1.807) is 6.20 Å². The van der Waals surface area contributed by atoms with Gasteiger partial charge in [-0.25, -0.2) is 4.68 Å². The number of pyridine rings is 1. The molecule has 4 heterocycles. The van der Waals surface area contributed by atoms with Gasteiger partial charge in [-0.2, -0.15) is 5.10 Å². The number of carbonyl (C=O) groups excluding carboxylic acids is 1. The summed E-state index contributed by atoms with van der Waals surface area (Å²) < 4.78 is 4.96. The van der Waals surface area contributed by atoms with Crippen LogP contribution in [0.5, 0.6) is 0 Å². The Balaban J connectivity index is 1.25. The van der Waals surface area contributed by atoms with Crippen molar-refractivity contribution in [3.8, 4) is 11.4 Å². The van der Waals surface area contributed by atoms with Crippen molar-refractivity contribution < 1.29 is 4.79 Å². The largest absolute Gasteiger partial charge is 0.342 e. The summed E-state index contributed by atoms with van der Waals surface area (Å²) in [6.07, 6.45) is 10.2. The molecule has 1 aliphatic carbocycles. The van der Waals surface area contributed by atoms with Gasteiger partial charge in [-0.1, -0.05) is 6.92 Å². The Labute approximate surface area is 189 Å². The summed E-state index contributed by atoms with van der Waals surface area (Å²) in [6.45, 7) is 6.65. The van der Waals surface area contributed by atoms with Gasteiger partial charge in [0.25, 0.3) is 0 Å². The molecule has 2 saturated heterocycles. The predicted molar refractivity (Wildman–Crippen MR) is 122 cm³/mol. The molecule has 2 aliphatic heterocycles. The van der Waals surface area contributed by atoms with Gasteiger partial charge in [-0.15, -0.1) is 0 Å². The number of piperidine rings is 2. The number of rotatable bonds is 5. The number of hydrogen-bond acceptors (Lipinski definition) is 5. The van der Waals surface area contributed by atoms with Gasteiger partial charge in [0, 0.05) is 56.1 Å². The van der Waals surface area contributed by atoms with Crippen LogP contribution in [0.4, 0.5) is 0 Å². The summed E-state index contributed by atoms with van der Waals surface area (Å²) >= 11 is 5.81. The zero-order valence-electron chi connectivity index (χ0n) is 18.3. The van der Waals surface area contributed by atoms with Gasteiger partial charge < -0.3 is 4.90 Å². The van der Waals surface area contributed by atoms with E-state index in [2.05, 4.69) is 26.3 Å². The molecule has 0 unspecified atom stereocenters. The maximum atomic E-state index is 13.0. The normalized spacial score (nSPS) is 23.3. The van der Waals surface area contributed by atoms with E-state index < -0.39 is 0 Å². The Morgan fingerprint density at radius 2 is 1.97 bits per heavy atom. The smallest absolute Gasteiger partial charge is 0.225 e. The van der Waals surface area contributed by atoms with Crippen LogP contribution in [0.1, 0.15) is 51.5 Å². The maximum absolute atomic E-state index is 13.0. The standard InChI is InChI=1S/C23H32N6OS/c1-17-4-3-11-27(15-17)22(30)18-8-12-26(13-9-18)16-28-23(31)29(20-6-7-20)21(25-28)19-5-2-10-24-14-19/h2,5,10,14,17-18,20H,3-4,6-9,11-13,15-16H2,1H3/t17-/m1/s1. The number of likely N-dealkylation sites (tertiary alicyclic amines) is 2. The van der Waals surface area contributed by atoms with Gasteiger partial charge in [0.1, 0.15) is 0 Å². The quantitative estimate of drug-likeness (QED) is 0.663. The van der Waals surface area contributed by atoms with Gasteiger partial charge in [-0.3, -0.25) is 19.2 Å². The number of carbonyl (C=O) groups is 1. The molecule has 0 N–H and O–H groups in total.